The van der Waals surface area contributed by atoms with E-state index in [1.54, 1.807) is 18.3 Å². The predicted octanol–water partition coefficient (Wildman–Crippen LogP) is 5.07. The number of ether oxygens (including phenoxy) is 1. The smallest absolute Gasteiger partial charge is 0.313 e. The Morgan fingerprint density at radius 3 is 2.78 bits per heavy atom. The summed E-state index contributed by atoms with van der Waals surface area (Å²) in [7, 11) is 0. The Morgan fingerprint density at radius 1 is 1.22 bits per heavy atom. The highest BCUT2D eigenvalue weighted by Gasteiger charge is 2.22. The van der Waals surface area contributed by atoms with Crippen LogP contribution in [0.25, 0.3) is 10.2 Å². The van der Waals surface area contributed by atoms with Crippen LogP contribution in [0.15, 0.2) is 24.3 Å². The zero-order chi connectivity index (χ0) is 18.8. The van der Waals surface area contributed by atoms with Crippen molar-refractivity contribution in [3.8, 4) is 0 Å². The molecule has 1 N–H and O–H groups in total. The lowest BCUT2D eigenvalue weighted by molar-refractivity contribution is -0.142. The molecule has 1 aliphatic carbocycles. The second kappa shape index (κ2) is 7.82. The molecule has 0 saturated heterocycles. The highest BCUT2D eigenvalue weighted by atomic mass is 35.5. The molecule has 2 heterocycles. The number of thiophene rings is 1. The highest BCUT2D eigenvalue weighted by Crippen LogP contribution is 2.39. The standard InChI is InChI=1S/C20H20ClN3O2S/c1-2-26-17(25)11-16-23-19(22-13-9-7-12(21)8-10-13)18-14-5-3-4-6-15(14)27-20(18)24-16/h7-10H,2-6,11H2,1H3,(H,22,23,24). The number of aromatic nitrogens is 2. The van der Waals surface area contributed by atoms with Crippen LogP contribution in [0.5, 0.6) is 0 Å². The first kappa shape index (κ1) is 18.2. The van der Waals surface area contributed by atoms with Gasteiger partial charge < -0.3 is 10.1 Å². The molecule has 1 aromatic carbocycles. The van der Waals surface area contributed by atoms with E-state index in [4.69, 9.17) is 16.3 Å². The first-order valence-electron chi connectivity index (χ1n) is 9.13. The van der Waals surface area contributed by atoms with Gasteiger partial charge in [0.15, 0.2) is 0 Å². The first-order valence-corrected chi connectivity index (χ1v) is 10.3. The van der Waals surface area contributed by atoms with Crippen LogP contribution in [-0.2, 0) is 28.8 Å². The van der Waals surface area contributed by atoms with Crippen LogP contribution >= 0.6 is 22.9 Å². The summed E-state index contributed by atoms with van der Waals surface area (Å²) >= 11 is 7.71. The van der Waals surface area contributed by atoms with Gasteiger partial charge in [0.05, 0.1) is 12.0 Å². The molecule has 0 bridgehead atoms. The summed E-state index contributed by atoms with van der Waals surface area (Å²) in [6.07, 6.45) is 4.60. The topological polar surface area (TPSA) is 64.1 Å². The van der Waals surface area contributed by atoms with Crippen molar-refractivity contribution in [2.45, 2.75) is 39.0 Å². The van der Waals surface area contributed by atoms with Gasteiger partial charge in [0, 0.05) is 15.6 Å². The molecule has 27 heavy (non-hydrogen) atoms. The van der Waals surface area contributed by atoms with Crippen LogP contribution in [0.1, 0.15) is 36.0 Å². The maximum absolute atomic E-state index is 11.9. The molecule has 3 aromatic rings. The number of nitrogens with one attached hydrogen (secondary N) is 1. The third-order valence-electron chi connectivity index (χ3n) is 4.58. The van der Waals surface area contributed by atoms with Gasteiger partial charge in [-0.1, -0.05) is 11.6 Å². The Kier molecular flexibility index (Phi) is 5.27. The Bertz CT molecular complexity index is 985. The molecular formula is C20H20ClN3O2S. The van der Waals surface area contributed by atoms with Crippen molar-refractivity contribution >= 4 is 50.6 Å². The Morgan fingerprint density at radius 2 is 2.00 bits per heavy atom. The lowest BCUT2D eigenvalue weighted by Crippen LogP contribution is -2.11. The number of nitrogens with zero attached hydrogens (tertiary/aromatic N) is 2. The fourth-order valence-electron chi connectivity index (χ4n) is 3.38. The van der Waals surface area contributed by atoms with Gasteiger partial charge in [-0.25, -0.2) is 9.97 Å². The third-order valence-corrected chi connectivity index (χ3v) is 6.01. The number of anilines is 2. The average Bonchev–Trinajstić information content (AvgIpc) is 3.02. The van der Waals surface area contributed by atoms with Gasteiger partial charge in [-0.15, -0.1) is 11.3 Å². The molecule has 1 aliphatic rings. The molecule has 0 radical (unpaired) electrons. The minimum Gasteiger partial charge on any atom is -0.466 e. The van der Waals surface area contributed by atoms with Crippen LogP contribution in [0, 0.1) is 0 Å². The number of carbonyl (C=O) groups is 1. The lowest BCUT2D eigenvalue weighted by Gasteiger charge is -2.13. The number of esters is 1. The number of halogens is 1. The van der Waals surface area contributed by atoms with Crippen molar-refractivity contribution in [2.75, 3.05) is 11.9 Å². The second-order valence-electron chi connectivity index (χ2n) is 6.49. The maximum Gasteiger partial charge on any atom is 0.313 e. The van der Waals surface area contributed by atoms with Gasteiger partial charge >= 0.3 is 5.97 Å². The van der Waals surface area contributed by atoms with Gasteiger partial charge in [-0.3, -0.25) is 4.79 Å². The molecule has 0 saturated carbocycles. The number of aryl methyl sites for hydroxylation is 2. The summed E-state index contributed by atoms with van der Waals surface area (Å²) < 4.78 is 5.06. The van der Waals surface area contributed by atoms with Crippen molar-refractivity contribution in [2.24, 2.45) is 0 Å². The minimum absolute atomic E-state index is 0.0711. The summed E-state index contributed by atoms with van der Waals surface area (Å²) in [5.74, 6) is 0.924. The number of carbonyl (C=O) groups excluding carboxylic acids is 1. The van der Waals surface area contributed by atoms with Gasteiger partial charge in [-0.05, 0) is 62.4 Å². The fourth-order valence-corrected chi connectivity index (χ4v) is 4.79. The highest BCUT2D eigenvalue weighted by molar-refractivity contribution is 7.19. The van der Waals surface area contributed by atoms with Crippen molar-refractivity contribution in [1.29, 1.82) is 0 Å². The van der Waals surface area contributed by atoms with E-state index in [9.17, 15) is 4.79 Å². The van der Waals surface area contributed by atoms with Gasteiger partial charge in [0.25, 0.3) is 0 Å². The van der Waals surface area contributed by atoms with Crippen LogP contribution < -0.4 is 5.32 Å². The van der Waals surface area contributed by atoms with E-state index in [0.29, 0.717) is 17.5 Å². The molecule has 140 valence electrons. The summed E-state index contributed by atoms with van der Waals surface area (Å²) in [4.78, 5) is 23.6. The van der Waals surface area contributed by atoms with Crippen molar-refractivity contribution in [1.82, 2.24) is 9.97 Å². The maximum atomic E-state index is 11.9. The summed E-state index contributed by atoms with van der Waals surface area (Å²) in [6.45, 7) is 2.15. The van der Waals surface area contributed by atoms with E-state index < -0.39 is 0 Å². The normalized spacial score (nSPS) is 13.4. The van der Waals surface area contributed by atoms with Crippen LogP contribution in [-0.4, -0.2) is 22.5 Å². The average molecular weight is 402 g/mol. The number of benzene rings is 1. The summed E-state index contributed by atoms with van der Waals surface area (Å²) in [5, 5.41) is 5.17. The first-order chi connectivity index (χ1) is 13.1. The number of hydrogen-bond acceptors (Lipinski definition) is 6. The quantitative estimate of drug-likeness (QED) is 0.604. The number of hydrogen-bond donors (Lipinski definition) is 1. The zero-order valence-corrected chi connectivity index (χ0v) is 16.6. The Balaban J connectivity index is 1.78. The monoisotopic (exact) mass is 401 g/mol. The SMILES string of the molecule is CCOC(=O)Cc1nc(Nc2ccc(Cl)cc2)c2c3c(sc2n1)CCCC3. The van der Waals surface area contributed by atoms with Crippen LogP contribution in [0.4, 0.5) is 11.5 Å². The molecule has 0 fully saturated rings. The predicted molar refractivity (Wildman–Crippen MR) is 109 cm³/mol. The van der Waals surface area contributed by atoms with Crippen molar-refractivity contribution < 1.29 is 9.53 Å². The van der Waals surface area contributed by atoms with Crippen LogP contribution in [0.2, 0.25) is 5.02 Å². The number of rotatable bonds is 5. The molecular weight excluding hydrogens is 382 g/mol. The molecule has 5 nitrogen and oxygen atoms in total. The molecule has 0 aliphatic heterocycles. The van der Waals surface area contributed by atoms with Gasteiger partial charge in [0.1, 0.15) is 22.9 Å². The molecule has 7 heteroatoms. The molecule has 0 atom stereocenters. The Labute approximate surface area is 166 Å². The van der Waals surface area contributed by atoms with Crippen molar-refractivity contribution in [3.05, 3.63) is 45.6 Å². The largest absolute Gasteiger partial charge is 0.466 e. The Hall–Kier alpha value is -2.18. The zero-order valence-electron chi connectivity index (χ0n) is 15.0. The van der Waals surface area contributed by atoms with E-state index in [2.05, 4.69) is 15.3 Å². The second-order valence-corrected chi connectivity index (χ2v) is 8.01. The van der Waals surface area contributed by atoms with E-state index in [1.807, 2.05) is 24.3 Å². The molecule has 0 unspecified atom stereocenters. The lowest BCUT2D eigenvalue weighted by atomic mass is 9.97. The summed E-state index contributed by atoms with van der Waals surface area (Å²) in [5.41, 5.74) is 2.25. The molecule has 4 rings (SSSR count). The van der Waals surface area contributed by atoms with E-state index in [1.165, 1.54) is 23.3 Å². The summed E-state index contributed by atoms with van der Waals surface area (Å²) in [6, 6.07) is 7.51. The molecule has 2 aromatic heterocycles. The van der Waals surface area contributed by atoms with E-state index >= 15 is 0 Å². The van der Waals surface area contributed by atoms with Crippen LogP contribution in [0.3, 0.4) is 0 Å². The fraction of sp³-hybridized carbons (Fsp3) is 0.350. The minimum atomic E-state index is -0.310. The van der Waals surface area contributed by atoms with E-state index in [0.717, 1.165) is 34.6 Å². The third kappa shape index (κ3) is 3.92. The van der Waals surface area contributed by atoms with E-state index in [-0.39, 0.29) is 12.4 Å². The number of fused-ring (bicyclic) bond motifs is 3. The van der Waals surface area contributed by atoms with Gasteiger partial charge in [-0.2, -0.15) is 0 Å². The molecule has 0 spiro atoms. The molecule has 0 amide bonds. The van der Waals surface area contributed by atoms with Gasteiger partial charge in [0.2, 0.25) is 0 Å². The van der Waals surface area contributed by atoms with Crippen molar-refractivity contribution in [3.63, 3.8) is 0 Å².